The van der Waals surface area contributed by atoms with Gasteiger partial charge < -0.3 is 19.3 Å². The minimum absolute atomic E-state index is 0.170. The van der Waals surface area contributed by atoms with E-state index in [-0.39, 0.29) is 12.5 Å². The number of methoxy groups -OCH3 is 1. The molecule has 7 heteroatoms. The van der Waals surface area contributed by atoms with Crippen molar-refractivity contribution in [1.29, 1.82) is 0 Å². The molecule has 1 N–H and O–H groups in total. The Morgan fingerprint density at radius 2 is 1.91 bits per heavy atom. The van der Waals surface area contributed by atoms with Crippen LogP contribution in [0.15, 0.2) is 41.8 Å². The summed E-state index contributed by atoms with van der Waals surface area (Å²) < 4.78 is 16.9. The molecular formula is C26H31NO5S. The first-order chi connectivity index (χ1) is 15.8. The number of hydrogen-bond donors (Lipinski definition) is 1. The molecule has 1 atom stereocenters. The van der Waals surface area contributed by atoms with Crippen molar-refractivity contribution in [3.05, 3.63) is 64.2 Å². The van der Waals surface area contributed by atoms with E-state index in [4.69, 9.17) is 19.2 Å². The van der Waals surface area contributed by atoms with Crippen LogP contribution >= 0.6 is 11.3 Å². The van der Waals surface area contributed by atoms with Crippen LogP contribution < -0.4 is 9.47 Å². The normalized spacial score (nSPS) is 12.1. The average molecular weight is 470 g/mol. The molecule has 1 aromatic heterocycles. The zero-order chi connectivity index (χ0) is 24.0. The molecule has 0 radical (unpaired) electrons. The van der Waals surface area contributed by atoms with Crippen LogP contribution in [0.4, 0.5) is 0 Å². The fourth-order valence-electron chi connectivity index (χ4n) is 3.56. The Morgan fingerprint density at radius 3 is 2.58 bits per heavy atom. The number of aliphatic carboxylic acids is 1. The molecule has 0 aliphatic heterocycles. The number of carboxylic acid groups (broad SMARTS) is 1. The van der Waals surface area contributed by atoms with Crippen molar-refractivity contribution in [2.75, 3.05) is 13.7 Å². The van der Waals surface area contributed by atoms with Gasteiger partial charge in [0.25, 0.3) is 0 Å². The minimum Gasteiger partial charge on any atom is -0.493 e. The Hall–Kier alpha value is -2.90. The molecule has 1 heterocycles. The summed E-state index contributed by atoms with van der Waals surface area (Å²) in [5.41, 5.74) is 5.43. The highest BCUT2D eigenvalue weighted by molar-refractivity contribution is 7.13. The molecule has 0 saturated heterocycles. The van der Waals surface area contributed by atoms with E-state index in [0.29, 0.717) is 24.5 Å². The molecular weight excluding hydrogens is 438 g/mol. The van der Waals surface area contributed by atoms with Crippen LogP contribution in [0.5, 0.6) is 11.5 Å². The fraction of sp³-hybridized carbons (Fsp3) is 0.385. The van der Waals surface area contributed by atoms with Crippen molar-refractivity contribution in [3.63, 3.8) is 0 Å². The third-order valence-electron chi connectivity index (χ3n) is 5.14. The van der Waals surface area contributed by atoms with E-state index >= 15 is 0 Å². The van der Waals surface area contributed by atoms with Gasteiger partial charge in [0.1, 0.15) is 5.01 Å². The number of hydrogen-bond acceptors (Lipinski definition) is 6. The molecule has 0 aliphatic rings. The van der Waals surface area contributed by atoms with Crippen molar-refractivity contribution < 1.29 is 24.1 Å². The number of aryl methyl sites for hydroxylation is 2. The van der Waals surface area contributed by atoms with E-state index in [2.05, 4.69) is 37.4 Å². The number of rotatable bonds is 11. The average Bonchev–Trinajstić information content (AvgIpc) is 3.22. The van der Waals surface area contributed by atoms with Crippen LogP contribution in [-0.2, 0) is 22.4 Å². The van der Waals surface area contributed by atoms with Gasteiger partial charge in [0.05, 0.1) is 25.5 Å². The number of thiazole rings is 1. The van der Waals surface area contributed by atoms with E-state index in [1.165, 1.54) is 11.1 Å². The predicted octanol–water partition coefficient (Wildman–Crippen LogP) is 5.48. The molecule has 3 aromatic rings. The quantitative estimate of drug-likeness (QED) is 0.401. The van der Waals surface area contributed by atoms with E-state index < -0.39 is 12.1 Å². The number of aromatic nitrogens is 1. The topological polar surface area (TPSA) is 77.9 Å². The molecule has 0 fully saturated rings. The molecule has 0 saturated carbocycles. The van der Waals surface area contributed by atoms with Crippen molar-refractivity contribution in [2.45, 2.75) is 52.7 Å². The highest BCUT2D eigenvalue weighted by Gasteiger charge is 2.21. The summed E-state index contributed by atoms with van der Waals surface area (Å²) in [5, 5.41) is 12.5. The summed E-state index contributed by atoms with van der Waals surface area (Å²) in [6.45, 7) is 8.30. The van der Waals surface area contributed by atoms with Crippen molar-refractivity contribution in [3.8, 4) is 22.1 Å². The molecule has 0 spiro atoms. The van der Waals surface area contributed by atoms with Gasteiger partial charge in [-0.05, 0) is 51.0 Å². The largest absolute Gasteiger partial charge is 0.493 e. The second-order valence-electron chi connectivity index (χ2n) is 8.26. The first kappa shape index (κ1) is 24.7. The lowest BCUT2D eigenvalue weighted by atomic mass is 10.1. The number of carbonyl (C=O) groups is 1. The molecule has 2 aromatic carbocycles. The molecule has 3 rings (SSSR count). The number of nitrogens with zero attached hydrogens (tertiary/aromatic N) is 1. The molecule has 1 unspecified atom stereocenters. The monoisotopic (exact) mass is 469 g/mol. The molecule has 0 aliphatic carbocycles. The zero-order valence-electron chi connectivity index (χ0n) is 19.8. The second-order valence-corrected chi connectivity index (χ2v) is 9.12. The number of ether oxygens (including phenoxy) is 3. The van der Waals surface area contributed by atoms with Gasteiger partial charge in [-0.25, -0.2) is 9.78 Å². The van der Waals surface area contributed by atoms with Crippen molar-refractivity contribution >= 4 is 17.3 Å². The summed E-state index contributed by atoms with van der Waals surface area (Å²) in [6, 6.07) is 11.9. The van der Waals surface area contributed by atoms with Crippen LogP contribution in [0.3, 0.4) is 0 Å². The maximum absolute atomic E-state index is 11.5. The van der Waals surface area contributed by atoms with Crippen LogP contribution in [0.25, 0.3) is 10.6 Å². The first-order valence-corrected chi connectivity index (χ1v) is 11.8. The Kier molecular flexibility index (Phi) is 8.47. The van der Waals surface area contributed by atoms with E-state index in [1.54, 1.807) is 24.5 Å². The third kappa shape index (κ3) is 6.79. The summed E-state index contributed by atoms with van der Waals surface area (Å²) in [4.78, 5) is 16.2. The lowest BCUT2D eigenvalue weighted by molar-refractivity contribution is -0.153. The summed E-state index contributed by atoms with van der Waals surface area (Å²) in [7, 11) is 1.57. The number of benzene rings is 2. The molecule has 6 nitrogen and oxygen atoms in total. The van der Waals surface area contributed by atoms with Gasteiger partial charge in [0.15, 0.2) is 17.6 Å². The summed E-state index contributed by atoms with van der Waals surface area (Å²) in [6.07, 6.45) is -0.144. The highest BCUT2D eigenvalue weighted by atomic mass is 32.1. The maximum Gasteiger partial charge on any atom is 0.333 e. The van der Waals surface area contributed by atoms with E-state index in [9.17, 15) is 9.90 Å². The summed E-state index contributed by atoms with van der Waals surface area (Å²) in [5.74, 6) is 0.199. The Balaban J connectivity index is 1.61. The Bertz CT molecular complexity index is 1090. The van der Waals surface area contributed by atoms with Gasteiger partial charge in [-0.1, -0.05) is 29.8 Å². The highest BCUT2D eigenvalue weighted by Crippen LogP contribution is 2.30. The molecule has 176 valence electrons. The Morgan fingerprint density at radius 1 is 1.12 bits per heavy atom. The lowest BCUT2D eigenvalue weighted by Gasteiger charge is -2.17. The fourth-order valence-corrected chi connectivity index (χ4v) is 4.50. The SMILES string of the molecule is COc1cc(CC(OC(C)C)C(=O)O)ccc1OCCc1csc(-c2ccc(C)cc2C)n1. The van der Waals surface area contributed by atoms with E-state index in [1.807, 2.05) is 26.0 Å². The van der Waals surface area contributed by atoms with Gasteiger partial charge in [-0.15, -0.1) is 11.3 Å². The third-order valence-corrected chi connectivity index (χ3v) is 6.07. The zero-order valence-corrected chi connectivity index (χ0v) is 20.6. The van der Waals surface area contributed by atoms with Gasteiger partial charge in [0.2, 0.25) is 0 Å². The first-order valence-electron chi connectivity index (χ1n) is 11.0. The molecule has 33 heavy (non-hydrogen) atoms. The van der Waals surface area contributed by atoms with Crippen molar-refractivity contribution in [1.82, 2.24) is 4.98 Å². The lowest BCUT2D eigenvalue weighted by Crippen LogP contribution is -2.29. The maximum atomic E-state index is 11.5. The van der Waals surface area contributed by atoms with Gasteiger partial charge in [-0.2, -0.15) is 0 Å². The summed E-state index contributed by atoms with van der Waals surface area (Å²) >= 11 is 1.64. The Labute approximate surface area is 199 Å². The molecule has 0 bridgehead atoms. The number of carboxylic acids is 1. The van der Waals surface area contributed by atoms with Crippen molar-refractivity contribution in [2.24, 2.45) is 0 Å². The standard InChI is InChI=1S/C26H31NO5S/c1-16(2)32-24(26(28)29)14-19-7-9-22(23(13-19)30-5)31-11-10-20-15-33-25(27-20)21-8-6-17(3)12-18(21)4/h6-9,12-13,15-16,24H,10-11,14H2,1-5H3,(H,28,29). The smallest absolute Gasteiger partial charge is 0.333 e. The second kappa shape index (κ2) is 11.3. The predicted molar refractivity (Wildman–Crippen MR) is 131 cm³/mol. The molecule has 0 amide bonds. The minimum atomic E-state index is -0.980. The van der Waals surface area contributed by atoms with E-state index in [0.717, 1.165) is 21.8 Å². The van der Waals surface area contributed by atoms with Crippen LogP contribution in [-0.4, -0.2) is 42.0 Å². The van der Waals surface area contributed by atoms with Gasteiger partial charge >= 0.3 is 5.97 Å². The van der Waals surface area contributed by atoms with Crippen LogP contribution in [0, 0.1) is 13.8 Å². The van der Waals surface area contributed by atoms with Crippen LogP contribution in [0.1, 0.15) is 36.2 Å². The van der Waals surface area contributed by atoms with Crippen LogP contribution in [0.2, 0.25) is 0 Å². The van der Waals surface area contributed by atoms with Gasteiger partial charge in [-0.3, -0.25) is 0 Å². The van der Waals surface area contributed by atoms with Gasteiger partial charge in [0, 0.05) is 23.8 Å².